The average molecular weight is 443 g/mol. The topological polar surface area (TPSA) is 20.2 Å². The highest BCUT2D eigenvalue weighted by Gasteiger charge is 2.23. The van der Waals surface area contributed by atoms with Gasteiger partial charge in [0.1, 0.15) is 0 Å². The molecule has 4 aromatic rings. The molecule has 0 aliphatic carbocycles. The second kappa shape index (κ2) is 7.98. The van der Waals surface area contributed by atoms with E-state index in [1.54, 1.807) is 0 Å². The highest BCUT2D eigenvalue weighted by atomic mass is 79.9. The number of hydrogen-bond acceptors (Lipinski definition) is 1. The van der Waals surface area contributed by atoms with E-state index in [1.165, 1.54) is 16.7 Å². The minimum Gasteiger partial charge on any atom is -0.386 e. The Bertz CT molecular complexity index is 1140. The van der Waals surface area contributed by atoms with E-state index in [4.69, 9.17) is 0 Å². The zero-order valence-corrected chi connectivity index (χ0v) is 18.1. The Morgan fingerprint density at radius 1 is 0.586 bits per heavy atom. The van der Waals surface area contributed by atoms with Gasteiger partial charge in [0.2, 0.25) is 0 Å². The standard InChI is InChI=1S/C27H23BrO/c1-27(2,29)26-18-20(28)16-17-25(26)24-15-9-8-14-23(24)22-13-7-6-12-21(22)19-10-4-3-5-11-19/h3-18,29H,1-2H3. The van der Waals surface area contributed by atoms with Crippen LogP contribution in [0.15, 0.2) is 102 Å². The molecule has 0 aromatic heterocycles. The quantitative estimate of drug-likeness (QED) is 0.343. The van der Waals surface area contributed by atoms with Crippen LogP contribution in [0, 0.1) is 0 Å². The van der Waals surface area contributed by atoms with Crippen LogP contribution >= 0.6 is 15.9 Å². The minimum absolute atomic E-state index is 0.900. The van der Waals surface area contributed by atoms with E-state index in [0.29, 0.717) is 0 Å². The van der Waals surface area contributed by atoms with Crippen LogP contribution in [0.2, 0.25) is 0 Å². The van der Waals surface area contributed by atoms with Crippen LogP contribution in [0.5, 0.6) is 0 Å². The minimum atomic E-state index is -0.953. The summed E-state index contributed by atoms with van der Waals surface area (Å²) in [5.41, 5.74) is 6.82. The maximum absolute atomic E-state index is 10.8. The summed E-state index contributed by atoms with van der Waals surface area (Å²) < 4.78 is 0.959. The van der Waals surface area contributed by atoms with Gasteiger partial charge in [0.05, 0.1) is 5.60 Å². The zero-order chi connectivity index (χ0) is 20.4. The summed E-state index contributed by atoms with van der Waals surface area (Å²) in [6.45, 7) is 3.66. The van der Waals surface area contributed by atoms with Crippen LogP contribution < -0.4 is 0 Å². The van der Waals surface area contributed by atoms with Crippen molar-refractivity contribution in [1.82, 2.24) is 0 Å². The third-order valence-corrected chi connectivity index (χ3v) is 5.65. The molecule has 0 heterocycles. The van der Waals surface area contributed by atoms with Crippen molar-refractivity contribution in [2.45, 2.75) is 19.4 Å². The summed E-state index contributed by atoms with van der Waals surface area (Å²) in [5, 5.41) is 10.8. The molecule has 4 rings (SSSR count). The number of hydrogen-bond donors (Lipinski definition) is 1. The van der Waals surface area contributed by atoms with E-state index in [-0.39, 0.29) is 0 Å². The second-order valence-corrected chi connectivity index (χ2v) is 8.62. The molecule has 0 fully saturated rings. The lowest BCUT2D eigenvalue weighted by molar-refractivity contribution is 0.0791. The molecule has 0 aliphatic rings. The van der Waals surface area contributed by atoms with Gasteiger partial charge in [-0.3, -0.25) is 0 Å². The number of aliphatic hydroxyl groups is 1. The Hall–Kier alpha value is -2.68. The molecule has 144 valence electrons. The van der Waals surface area contributed by atoms with Crippen molar-refractivity contribution >= 4 is 15.9 Å². The molecule has 0 spiro atoms. The van der Waals surface area contributed by atoms with Crippen LogP contribution in [-0.2, 0) is 5.60 Å². The van der Waals surface area contributed by atoms with Crippen LogP contribution in [0.1, 0.15) is 19.4 Å². The molecule has 1 nitrogen and oxygen atoms in total. The fourth-order valence-corrected chi connectivity index (χ4v) is 4.16. The molecule has 1 N–H and O–H groups in total. The summed E-state index contributed by atoms with van der Waals surface area (Å²) in [4.78, 5) is 0. The van der Waals surface area contributed by atoms with Gasteiger partial charge in [-0.25, -0.2) is 0 Å². The van der Waals surface area contributed by atoms with Crippen LogP contribution in [0.25, 0.3) is 33.4 Å². The van der Waals surface area contributed by atoms with E-state index < -0.39 is 5.60 Å². The maximum Gasteiger partial charge on any atom is 0.0846 e. The Morgan fingerprint density at radius 2 is 1.07 bits per heavy atom. The van der Waals surface area contributed by atoms with E-state index in [9.17, 15) is 5.11 Å². The molecular weight excluding hydrogens is 420 g/mol. The first-order valence-electron chi connectivity index (χ1n) is 9.72. The Balaban J connectivity index is 1.97. The van der Waals surface area contributed by atoms with Gasteiger partial charge in [0, 0.05) is 4.47 Å². The van der Waals surface area contributed by atoms with Gasteiger partial charge in [-0.15, -0.1) is 0 Å². The second-order valence-electron chi connectivity index (χ2n) is 7.71. The summed E-state index contributed by atoms with van der Waals surface area (Å²) in [5.74, 6) is 0. The van der Waals surface area contributed by atoms with Gasteiger partial charge in [0.25, 0.3) is 0 Å². The number of rotatable bonds is 4. The Kier molecular flexibility index (Phi) is 5.40. The third-order valence-electron chi connectivity index (χ3n) is 5.16. The molecule has 0 amide bonds. The predicted octanol–water partition coefficient (Wildman–Crippen LogP) is 7.68. The maximum atomic E-state index is 10.8. The normalized spacial score (nSPS) is 11.4. The molecular formula is C27H23BrO. The van der Waals surface area contributed by atoms with Crippen molar-refractivity contribution in [2.24, 2.45) is 0 Å². The van der Waals surface area contributed by atoms with E-state index in [1.807, 2.05) is 32.0 Å². The molecule has 0 saturated heterocycles. The first-order valence-corrected chi connectivity index (χ1v) is 10.5. The summed E-state index contributed by atoms with van der Waals surface area (Å²) >= 11 is 3.56. The van der Waals surface area contributed by atoms with Crippen LogP contribution in [0.4, 0.5) is 0 Å². The largest absolute Gasteiger partial charge is 0.386 e. The molecule has 2 heteroatoms. The highest BCUT2D eigenvalue weighted by molar-refractivity contribution is 9.10. The monoisotopic (exact) mass is 442 g/mol. The molecule has 4 aromatic carbocycles. The zero-order valence-electron chi connectivity index (χ0n) is 16.6. The van der Waals surface area contributed by atoms with Gasteiger partial charge in [-0.1, -0.05) is 101 Å². The lowest BCUT2D eigenvalue weighted by Gasteiger charge is -2.24. The van der Waals surface area contributed by atoms with Crippen molar-refractivity contribution in [3.63, 3.8) is 0 Å². The van der Waals surface area contributed by atoms with E-state index in [2.05, 4.69) is 94.8 Å². The molecule has 0 bridgehead atoms. The van der Waals surface area contributed by atoms with Gasteiger partial charge in [0.15, 0.2) is 0 Å². The van der Waals surface area contributed by atoms with Crippen LogP contribution in [-0.4, -0.2) is 5.11 Å². The van der Waals surface area contributed by atoms with Crippen LogP contribution in [0.3, 0.4) is 0 Å². The Morgan fingerprint density at radius 3 is 1.66 bits per heavy atom. The van der Waals surface area contributed by atoms with Crippen molar-refractivity contribution in [1.29, 1.82) is 0 Å². The molecule has 29 heavy (non-hydrogen) atoms. The predicted molar refractivity (Wildman–Crippen MR) is 126 cm³/mol. The smallest absolute Gasteiger partial charge is 0.0846 e. The average Bonchev–Trinajstić information content (AvgIpc) is 2.74. The van der Waals surface area contributed by atoms with Crippen molar-refractivity contribution in [2.75, 3.05) is 0 Å². The molecule has 0 saturated carbocycles. The number of halogens is 1. The first kappa shape index (κ1) is 19.6. The fourth-order valence-electron chi connectivity index (χ4n) is 3.80. The summed E-state index contributed by atoms with van der Waals surface area (Å²) in [7, 11) is 0. The molecule has 0 radical (unpaired) electrons. The molecule has 0 aliphatic heterocycles. The van der Waals surface area contributed by atoms with E-state index in [0.717, 1.165) is 26.7 Å². The fraction of sp³-hybridized carbons (Fsp3) is 0.111. The lowest BCUT2D eigenvalue weighted by Crippen LogP contribution is -2.17. The molecule has 0 unspecified atom stereocenters. The van der Waals surface area contributed by atoms with Gasteiger partial charge >= 0.3 is 0 Å². The summed E-state index contributed by atoms with van der Waals surface area (Å²) in [6, 6.07) is 33.5. The van der Waals surface area contributed by atoms with Gasteiger partial charge in [-0.2, -0.15) is 0 Å². The molecule has 0 atom stereocenters. The lowest BCUT2D eigenvalue weighted by atomic mass is 9.85. The van der Waals surface area contributed by atoms with Crippen molar-refractivity contribution < 1.29 is 5.11 Å². The van der Waals surface area contributed by atoms with Crippen molar-refractivity contribution in [3.8, 4) is 33.4 Å². The van der Waals surface area contributed by atoms with Gasteiger partial charge < -0.3 is 5.11 Å². The first-order chi connectivity index (χ1) is 13.9. The van der Waals surface area contributed by atoms with Crippen molar-refractivity contribution in [3.05, 3.63) is 107 Å². The highest BCUT2D eigenvalue weighted by Crippen LogP contribution is 2.41. The van der Waals surface area contributed by atoms with Gasteiger partial charge in [-0.05, 0) is 64.9 Å². The number of benzene rings is 4. The third kappa shape index (κ3) is 4.05. The van der Waals surface area contributed by atoms with E-state index >= 15 is 0 Å². The summed E-state index contributed by atoms with van der Waals surface area (Å²) in [6.07, 6.45) is 0. The SMILES string of the molecule is CC(C)(O)c1cc(Br)ccc1-c1ccccc1-c1ccccc1-c1ccccc1. The Labute approximate surface area is 180 Å².